The van der Waals surface area contributed by atoms with Crippen LogP contribution in [-0.2, 0) is 15.8 Å². The molecule has 0 atom stereocenters. The highest BCUT2D eigenvalue weighted by atomic mass is 28.4. The Labute approximate surface area is 175 Å². The van der Waals surface area contributed by atoms with Crippen LogP contribution >= 0.6 is 0 Å². The number of hydrogen-bond donors (Lipinski definition) is 0. The largest absolute Gasteiger partial charge is 0.489 e. The first-order chi connectivity index (χ1) is 13.6. The molecule has 154 valence electrons. The predicted molar refractivity (Wildman–Crippen MR) is 119 cm³/mol. The summed E-state index contributed by atoms with van der Waals surface area (Å²) in [6.45, 7) is 11.7. The average molecular weight is 411 g/mol. The third-order valence-electron chi connectivity index (χ3n) is 5.18. The van der Waals surface area contributed by atoms with E-state index in [-0.39, 0.29) is 5.04 Å². The van der Waals surface area contributed by atoms with E-state index in [2.05, 4.69) is 45.7 Å². The van der Waals surface area contributed by atoms with Crippen molar-refractivity contribution < 1.29 is 18.7 Å². The highest BCUT2D eigenvalue weighted by Gasteiger charge is 2.36. The summed E-state index contributed by atoms with van der Waals surface area (Å²) in [5.74, 6) is 6.24. The molecule has 0 N–H and O–H groups in total. The number of carbonyl (C=O) groups excluding carboxylic acids is 1. The van der Waals surface area contributed by atoms with Crippen LogP contribution < -0.4 is 4.74 Å². The lowest BCUT2D eigenvalue weighted by atomic mass is 10.1. The molecule has 0 amide bonds. The second-order valence-electron chi connectivity index (χ2n) is 8.32. The Kier molecular flexibility index (Phi) is 7.66. The lowest BCUT2D eigenvalue weighted by Gasteiger charge is -2.35. The van der Waals surface area contributed by atoms with E-state index in [4.69, 9.17) is 13.9 Å². The molecule has 29 heavy (non-hydrogen) atoms. The molecule has 5 heteroatoms. The Morgan fingerprint density at radius 3 is 2.38 bits per heavy atom. The van der Waals surface area contributed by atoms with Gasteiger partial charge in [0.25, 0.3) is 0 Å². The van der Waals surface area contributed by atoms with Crippen LogP contribution in [0, 0.1) is 11.8 Å². The van der Waals surface area contributed by atoms with Crippen LogP contribution in [0.5, 0.6) is 5.75 Å². The topological polar surface area (TPSA) is 44.8 Å². The van der Waals surface area contributed by atoms with Crippen LogP contribution in [0.3, 0.4) is 0 Å². The maximum atomic E-state index is 12.2. The normalized spacial score (nSPS) is 11.4. The Morgan fingerprint density at radius 2 is 1.76 bits per heavy atom. The molecule has 0 aliphatic rings. The SMILES string of the molecule is COC(=O)c1cc(OCc2ccccc2)ccc1C#CCO[Si](C)(C)C(C)(C)C. The molecule has 2 aromatic rings. The van der Waals surface area contributed by atoms with Crippen LogP contribution in [0.1, 0.15) is 42.3 Å². The molecule has 0 aliphatic heterocycles. The van der Waals surface area contributed by atoms with Crippen molar-refractivity contribution in [2.75, 3.05) is 13.7 Å². The van der Waals surface area contributed by atoms with Gasteiger partial charge in [0.2, 0.25) is 0 Å². The van der Waals surface area contributed by atoms with Crippen molar-refractivity contribution in [3.05, 3.63) is 65.2 Å². The molecular weight excluding hydrogens is 380 g/mol. The Hall–Kier alpha value is -2.55. The minimum atomic E-state index is -1.85. The van der Waals surface area contributed by atoms with E-state index in [0.29, 0.717) is 30.1 Å². The second-order valence-corrected chi connectivity index (χ2v) is 13.1. The van der Waals surface area contributed by atoms with Crippen molar-refractivity contribution in [2.24, 2.45) is 0 Å². The van der Waals surface area contributed by atoms with Crippen molar-refractivity contribution in [2.45, 2.75) is 45.5 Å². The summed E-state index contributed by atoms with van der Waals surface area (Å²) < 4.78 is 16.8. The van der Waals surface area contributed by atoms with E-state index < -0.39 is 14.3 Å². The van der Waals surface area contributed by atoms with Gasteiger partial charge in [0.05, 0.1) is 19.3 Å². The Morgan fingerprint density at radius 1 is 1.07 bits per heavy atom. The second kappa shape index (κ2) is 9.77. The molecule has 0 saturated heterocycles. The molecule has 0 saturated carbocycles. The third kappa shape index (κ3) is 6.48. The standard InChI is InChI=1S/C24H30O4Si/c1-24(2,3)29(5,6)28-16-10-13-20-14-15-21(17-22(20)23(25)26-4)27-18-19-11-8-7-9-12-19/h7-9,11-12,14-15,17H,16,18H2,1-6H3. The molecule has 0 fully saturated rings. The van der Waals surface area contributed by atoms with E-state index in [9.17, 15) is 4.79 Å². The number of ether oxygens (including phenoxy) is 2. The molecule has 4 nitrogen and oxygen atoms in total. The van der Waals surface area contributed by atoms with Crippen LogP contribution in [0.25, 0.3) is 0 Å². The molecule has 0 unspecified atom stereocenters. The number of benzene rings is 2. The smallest absolute Gasteiger partial charge is 0.339 e. The molecule has 0 radical (unpaired) electrons. The summed E-state index contributed by atoms with van der Waals surface area (Å²) in [5, 5.41) is 0.129. The van der Waals surface area contributed by atoms with Gasteiger partial charge in [-0.3, -0.25) is 0 Å². The number of rotatable bonds is 6. The van der Waals surface area contributed by atoms with E-state index in [1.54, 1.807) is 12.1 Å². The van der Waals surface area contributed by atoms with Crippen LogP contribution in [0.15, 0.2) is 48.5 Å². The first-order valence-electron chi connectivity index (χ1n) is 9.66. The van der Waals surface area contributed by atoms with Gasteiger partial charge in [0.15, 0.2) is 8.32 Å². The Bertz CT molecular complexity index is 887. The quantitative estimate of drug-likeness (QED) is 0.362. The number of carbonyl (C=O) groups is 1. The molecular formula is C24H30O4Si. The summed E-state index contributed by atoms with van der Waals surface area (Å²) >= 11 is 0. The zero-order valence-corrected chi connectivity index (χ0v) is 19.2. The van der Waals surface area contributed by atoms with Gasteiger partial charge in [-0.25, -0.2) is 4.79 Å². The van der Waals surface area contributed by atoms with Gasteiger partial charge < -0.3 is 13.9 Å². The monoisotopic (exact) mass is 410 g/mol. The lowest BCUT2D eigenvalue weighted by molar-refractivity contribution is 0.0600. The molecule has 0 bridgehead atoms. The number of hydrogen-bond acceptors (Lipinski definition) is 4. The maximum Gasteiger partial charge on any atom is 0.339 e. The average Bonchev–Trinajstić information content (AvgIpc) is 2.69. The predicted octanol–water partition coefficient (Wildman–Crippen LogP) is 5.43. The fraction of sp³-hybridized carbons (Fsp3) is 0.375. The van der Waals surface area contributed by atoms with Crippen molar-refractivity contribution in [1.29, 1.82) is 0 Å². The van der Waals surface area contributed by atoms with Gasteiger partial charge in [0, 0.05) is 5.56 Å². The highest BCUT2D eigenvalue weighted by Crippen LogP contribution is 2.36. The summed E-state index contributed by atoms with van der Waals surface area (Å²) in [6, 6.07) is 15.1. The summed E-state index contributed by atoms with van der Waals surface area (Å²) in [7, 11) is -0.493. The molecule has 0 spiro atoms. The van der Waals surface area contributed by atoms with Gasteiger partial charge >= 0.3 is 5.97 Å². The van der Waals surface area contributed by atoms with Crippen molar-refractivity contribution in [3.8, 4) is 17.6 Å². The Balaban J connectivity index is 2.13. The molecule has 0 aliphatic carbocycles. The van der Waals surface area contributed by atoms with E-state index in [1.165, 1.54) is 7.11 Å². The van der Waals surface area contributed by atoms with E-state index in [1.807, 2.05) is 36.4 Å². The first-order valence-corrected chi connectivity index (χ1v) is 12.6. The molecule has 2 rings (SSSR count). The van der Waals surface area contributed by atoms with Gasteiger partial charge in [-0.2, -0.15) is 0 Å². The van der Waals surface area contributed by atoms with E-state index in [0.717, 1.165) is 5.56 Å². The van der Waals surface area contributed by atoms with Gasteiger partial charge in [-0.15, -0.1) is 0 Å². The first kappa shape index (κ1) is 22.7. The number of methoxy groups -OCH3 is 1. The summed E-state index contributed by atoms with van der Waals surface area (Å²) in [4.78, 5) is 12.2. The van der Waals surface area contributed by atoms with Gasteiger partial charge in [-0.05, 0) is 41.9 Å². The van der Waals surface area contributed by atoms with Crippen molar-refractivity contribution in [1.82, 2.24) is 0 Å². The highest BCUT2D eigenvalue weighted by molar-refractivity contribution is 6.74. The number of esters is 1. The zero-order valence-electron chi connectivity index (χ0n) is 18.2. The van der Waals surface area contributed by atoms with Crippen LogP contribution in [0.4, 0.5) is 0 Å². The van der Waals surface area contributed by atoms with Crippen LogP contribution in [-0.4, -0.2) is 28.0 Å². The third-order valence-corrected chi connectivity index (χ3v) is 9.66. The minimum absolute atomic E-state index is 0.129. The van der Waals surface area contributed by atoms with Gasteiger partial charge in [-0.1, -0.05) is 62.9 Å². The maximum absolute atomic E-state index is 12.2. The molecule has 2 aromatic carbocycles. The summed E-state index contributed by atoms with van der Waals surface area (Å²) in [6.07, 6.45) is 0. The zero-order chi connectivity index (χ0) is 21.5. The fourth-order valence-electron chi connectivity index (χ4n) is 2.31. The molecule has 0 heterocycles. The lowest BCUT2D eigenvalue weighted by Crippen LogP contribution is -2.40. The summed E-state index contributed by atoms with van der Waals surface area (Å²) in [5.41, 5.74) is 2.04. The van der Waals surface area contributed by atoms with Crippen LogP contribution in [0.2, 0.25) is 18.1 Å². The van der Waals surface area contributed by atoms with Crippen molar-refractivity contribution >= 4 is 14.3 Å². The fourth-order valence-corrected chi connectivity index (χ4v) is 3.17. The van der Waals surface area contributed by atoms with Crippen molar-refractivity contribution in [3.63, 3.8) is 0 Å². The molecule has 0 aromatic heterocycles. The minimum Gasteiger partial charge on any atom is -0.489 e. The van der Waals surface area contributed by atoms with E-state index >= 15 is 0 Å². The van der Waals surface area contributed by atoms with Gasteiger partial charge in [0.1, 0.15) is 12.4 Å².